The predicted molar refractivity (Wildman–Crippen MR) is 74.3 cm³/mol. The van der Waals surface area contributed by atoms with Gasteiger partial charge in [-0.15, -0.1) is 0 Å². The first-order valence-corrected chi connectivity index (χ1v) is 8.46. The number of hydroxylamine groups is 1. The van der Waals surface area contributed by atoms with E-state index in [2.05, 4.69) is 0 Å². The van der Waals surface area contributed by atoms with Gasteiger partial charge in [-0.25, -0.2) is 13.9 Å². The van der Waals surface area contributed by atoms with Gasteiger partial charge in [-0.3, -0.25) is 10.0 Å². The van der Waals surface area contributed by atoms with Crippen LogP contribution >= 0.6 is 0 Å². The zero-order chi connectivity index (χ0) is 14.6. The van der Waals surface area contributed by atoms with Gasteiger partial charge in [-0.2, -0.15) is 0 Å². The third kappa shape index (κ3) is 3.37. The van der Waals surface area contributed by atoms with Crippen LogP contribution in [-0.2, 0) is 9.84 Å². The fourth-order valence-corrected chi connectivity index (χ4v) is 4.65. The highest BCUT2D eigenvalue weighted by molar-refractivity contribution is 7.91. The zero-order valence-corrected chi connectivity index (χ0v) is 12.0. The second-order valence-electron chi connectivity index (χ2n) is 5.22. The normalized spacial score (nSPS) is 16.9. The first-order chi connectivity index (χ1) is 9.54. The molecule has 2 rings (SSSR count). The second kappa shape index (κ2) is 6.37. The summed E-state index contributed by atoms with van der Waals surface area (Å²) in [6.45, 7) is 0. The Labute approximate surface area is 118 Å². The first kappa shape index (κ1) is 15.0. The maximum atomic E-state index is 12.5. The summed E-state index contributed by atoms with van der Waals surface area (Å²) in [6, 6.07) is 5.98. The lowest BCUT2D eigenvalue weighted by Crippen LogP contribution is -2.24. The van der Waals surface area contributed by atoms with Crippen LogP contribution in [0.15, 0.2) is 29.2 Å². The molecule has 0 radical (unpaired) electrons. The minimum Gasteiger partial charge on any atom is -0.288 e. The number of carbonyl (C=O) groups excluding carboxylic acids is 1. The van der Waals surface area contributed by atoms with E-state index >= 15 is 0 Å². The quantitative estimate of drug-likeness (QED) is 0.659. The molecule has 1 amide bonds. The molecule has 20 heavy (non-hydrogen) atoms. The van der Waals surface area contributed by atoms with E-state index < -0.39 is 15.7 Å². The fraction of sp³-hybridized carbons (Fsp3) is 0.500. The molecular weight excluding hydrogens is 278 g/mol. The Morgan fingerprint density at radius 1 is 1.20 bits per heavy atom. The van der Waals surface area contributed by atoms with Crippen LogP contribution < -0.4 is 5.48 Å². The number of rotatable bonds is 4. The van der Waals surface area contributed by atoms with Crippen molar-refractivity contribution < 1.29 is 18.4 Å². The Kier molecular flexibility index (Phi) is 4.77. The number of benzene rings is 1. The van der Waals surface area contributed by atoms with Gasteiger partial charge in [0.05, 0.1) is 16.2 Å². The zero-order valence-electron chi connectivity index (χ0n) is 11.2. The number of amides is 1. The predicted octanol–water partition coefficient (Wildman–Crippen LogP) is 2.16. The Bertz CT molecular complexity index is 577. The standard InChI is InChI=1S/C14H19NO4S/c16-14(15-17)12-8-4-5-9-13(12)20(18,19)10-11-6-2-1-3-7-11/h4-5,8-9,11,17H,1-3,6-7,10H2,(H,15,16). The molecule has 0 aromatic heterocycles. The Balaban J connectivity index is 2.27. The minimum atomic E-state index is -3.52. The van der Waals surface area contributed by atoms with E-state index in [0.717, 1.165) is 25.7 Å². The first-order valence-electron chi connectivity index (χ1n) is 6.81. The Hall–Kier alpha value is -1.40. The average molecular weight is 297 g/mol. The molecule has 1 aliphatic rings. The molecule has 0 aliphatic heterocycles. The fourth-order valence-electron chi connectivity index (χ4n) is 2.74. The van der Waals surface area contributed by atoms with Crippen LogP contribution in [0.1, 0.15) is 42.5 Å². The molecule has 1 saturated carbocycles. The van der Waals surface area contributed by atoms with Gasteiger partial charge in [0.2, 0.25) is 0 Å². The van der Waals surface area contributed by atoms with Gasteiger partial charge in [-0.05, 0) is 30.9 Å². The van der Waals surface area contributed by atoms with Crippen molar-refractivity contribution in [2.45, 2.75) is 37.0 Å². The summed E-state index contributed by atoms with van der Waals surface area (Å²) in [6.07, 6.45) is 5.15. The molecule has 1 aromatic rings. The average Bonchev–Trinajstić information content (AvgIpc) is 2.47. The molecule has 1 fully saturated rings. The summed E-state index contributed by atoms with van der Waals surface area (Å²) in [4.78, 5) is 11.5. The summed E-state index contributed by atoms with van der Waals surface area (Å²) in [5.41, 5.74) is 1.49. The number of carbonyl (C=O) groups is 1. The summed E-state index contributed by atoms with van der Waals surface area (Å²) in [5, 5.41) is 8.71. The van der Waals surface area contributed by atoms with Crippen LogP contribution in [0.3, 0.4) is 0 Å². The highest BCUT2D eigenvalue weighted by Gasteiger charge is 2.26. The van der Waals surface area contributed by atoms with E-state index in [1.807, 2.05) is 0 Å². The molecule has 2 N–H and O–H groups in total. The van der Waals surface area contributed by atoms with Gasteiger partial charge >= 0.3 is 0 Å². The summed E-state index contributed by atoms with van der Waals surface area (Å²) >= 11 is 0. The van der Waals surface area contributed by atoms with Crippen molar-refractivity contribution in [3.63, 3.8) is 0 Å². The Morgan fingerprint density at radius 2 is 1.85 bits per heavy atom. The van der Waals surface area contributed by atoms with Crippen molar-refractivity contribution in [3.8, 4) is 0 Å². The molecule has 0 unspecified atom stereocenters. The number of sulfone groups is 1. The van der Waals surface area contributed by atoms with Gasteiger partial charge in [0.15, 0.2) is 9.84 Å². The molecule has 0 bridgehead atoms. The highest BCUT2D eigenvalue weighted by Crippen LogP contribution is 2.28. The van der Waals surface area contributed by atoms with Crippen LogP contribution in [0.4, 0.5) is 0 Å². The molecule has 0 spiro atoms. The molecule has 5 nitrogen and oxygen atoms in total. The second-order valence-corrected chi connectivity index (χ2v) is 7.23. The molecule has 0 saturated heterocycles. The molecule has 1 aromatic carbocycles. The lowest BCUT2D eigenvalue weighted by molar-refractivity contribution is 0.0702. The number of hydrogen-bond donors (Lipinski definition) is 2. The van der Waals surface area contributed by atoms with E-state index in [-0.39, 0.29) is 22.1 Å². The molecule has 1 aliphatic carbocycles. The van der Waals surface area contributed by atoms with Crippen LogP contribution in [0.5, 0.6) is 0 Å². The largest absolute Gasteiger partial charge is 0.288 e. The van der Waals surface area contributed by atoms with Crippen molar-refractivity contribution in [3.05, 3.63) is 29.8 Å². The Morgan fingerprint density at radius 3 is 2.50 bits per heavy atom. The lowest BCUT2D eigenvalue weighted by Gasteiger charge is -2.21. The van der Waals surface area contributed by atoms with Gasteiger partial charge in [-0.1, -0.05) is 31.4 Å². The van der Waals surface area contributed by atoms with Crippen molar-refractivity contribution in [2.24, 2.45) is 5.92 Å². The summed E-state index contributed by atoms with van der Waals surface area (Å²) in [7, 11) is -3.52. The van der Waals surface area contributed by atoms with Gasteiger partial charge in [0.25, 0.3) is 5.91 Å². The maximum Gasteiger partial charge on any atom is 0.275 e. The third-order valence-corrected chi connectivity index (χ3v) is 5.68. The third-order valence-electron chi connectivity index (χ3n) is 3.75. The molecule has 0 heterocycles. The van der Waals surface area contributed by atoms with Crippen molar-refractivity contribution in [1.82, 2.24) is 5.48 Å². The highest BCUT2D eigenvalue weighted by atomic mass is 32.2. The number of nitrogens with one attached hydrogen (secondary N) is 1. The molecular formula is C14H19NO4S. The van der Waals surface area contributed by atoms with Crippen LogP contribution in [0.2, 0.25) is 0 Å². The molecule has 0 atom stereocenters. The van der Waals surface area contributed by atoms with Crippen LogP contribution in [0, 0.1) is 5.92 Å². The smallest absolute Gasteiger partial charge is 0.275 e. The van der Waals surface area contributed by atoms with Gasteiger partial charge < -0.3 is 0 Å². The van der Waals surface area contributed by atoms with Crippen molar-refractivity contribution in [2.75, 3.05) is 5.75 Å². The topological polar surface area (TPSA) is 83.5 Å². The lowest BCUT2D eigenvalue weighted by atomic mass is 9.91. The maximum absolute atomic E-state index is 12.5. The van der Waals surface area contributed by atoms with Crippen LogP contribution in [-0.4, -0.2) is 25.3 Å². The van der Waals surface area contributed by atoms with E-state index in [4.69, 9.17) is 5.21 Å². The minimum absolute atomic E-state index is 0.00266. The van der Waals surface area contributed by atoms with Gasteiger partial charge in [0.1, 0.15) is 0 Å². The van der Waals surface area contributed by atoms with E-state index in [1.165, 1.54) is 24.0 Å². The SMILES string of the molecule is O=C(NO)c1ccccc1S(=O)(=O)CC1CCCCC1. The summed E-state index contributed by atoms with van der Waals surface area (Å²) in [5.74, 6) is -0.560. The van der Waals surface area contributed by atoms with E-state index in [1.54, 1.807) is 12.1 Å². The van der Waals surface area contributed by atoms with Crippen LogP contribution in [0.25, 0.3) is 0 Å². The monoisotopic (exact) mass is 297 g/mol. The van der Waals surface area contributed by atoms with Crippen molar-refractivity contribution in [1.29, 1.82) is 0 Å². The van der Waals surface area contributed by atoms with E-state index in [0.29, 0.717) is 0 Å². The molecule has 110 valence electrons. The summed E-state index contributed by atoms with van der Waals surface area (Å²) < 4.78 is 25.0. The van der Waals surface area contributed by atoms with Crippen molar-refractivity contribution >= 4 is 15.7 Å². The van der Waals surface area contributed by atoms with Gasteiger partial charge in [0, 0.05) is 0 Å². The molecule has 6 heteroatoms. The number of hydrogen-bond acceptors (Lipinski definition) is 4. The van der Waals surface area contributed by atoms with E-state index in [9.17, 15) is 13.2 Å².